The van der Waals surface area contributed by atoms with Gasteiger partial charge in [0, 0.05) is 47.6 Å². The van der Waals surface area contributed by atoms with Gasteiger partial charge in [0.15, 0.2) is 0 Å². The average Bonchev–Trinajstić information content (AvgIpc) is 2.54. The lowest BCUT2D eigenvalue weighted by Crippen LogP contribution is -2.30. The molecule has 0 saturated carbocycles. The molecular weight excluding hydrogens is 286 g/mol. The summed E-state index contributed by atoms with van der Waals surface area (Å²) in [4.78, 5) is 0. The largest absolute Gasteiger partial charge is 0.380 e. The first-order valence-electron chi connectivity index (χ1n) is 6.59. The summed E-state index contributed by atoms with van der Waals surface area (Å²) in [5.74, 6) is 7.91. The maximum Gasteiger partial charge on any atom is 0.0591 e. The van der Waals surface area contributed by atoms with Crippen molar-refractivity contribution in [2.75, 3.05) is 74.0 Å². The van der Waals surface area contributed by atoms with Crippen LogP contribution in [-0.2, 0) is 9.47 Å². The fourth-order valence-electron chi connectivity index (χ4n) is 1.40. The molecular formula is C12H25NO2S3. The second kappa shape index (κ2) is 14.3. The van der Waals surface area contributed by atoms with E-state index in [9.17, 15) is 0 Å². The topological polar surface area (TPSA) is 30.5 Å². The Morgan fingerprint density at radius 3 is 1.17 bits per heavy atom. The molecule has 0 aromatic rings. The highest BCUT2D eigenvalue weighted by Gasteiger charge is 1.96. The van der Waals surface area contributed by atoms with E-state index in [1.165, 1.54) is 34.5 Å². The summed E-state index contributed by atoms with van der Waals surface area (Å²) >= 11 is 6.12. The summed E-state index contributed by atoms with van der Waals surface area (Å²) in [5, 5.41) is 3.16. The third-order valence-electron chi connectivity index (χ3n) is 2.33. The third-order valence-corrected chi connectivity index (χ3v) is 5.73. The van der Waals surface area contributed by atoms with Gasteiger partial charge in [-0.3, -0.25) is 0 Å². The summed E-state index contributed by atoms with van der Waals surface area (Å²) in [5.41, 5.74) is 0. The van der Waals surface area contributed by atoms with E-state index in [1.54, 1.807) is 0 Å². The first-order valence-corrected chi connectivity index (χ1v) is 10.1. The van der Waals surface area contributed by atoms with Crippen LogP contribution in [0.3, 0.4) is 0 Å². The molecule has 18 heavy (non-hydrogen) atoms. The van der Waals surface area contributed by atoms with Crippen LogP contribution >= 0.6 is 35.3 Å². The Labute approximate surface area is 124 Å². The quantitative estimate of drug-likeness (QED) is 0.734. The number of hydrogen-bond donors (Lipinski definition) is 1. The van der Waals surface area contributed by atoms with E-state index in [1.807, 2.05) is 11.8 Å². The van der Waals surface area contributed by atoms with Gasteiger partial charge in [-0.15, -0.1) is 0 Å². The van der Waals surface area contributed by atoms with E-state index in [0.717, 1.165) is 39.5 Å². The van der Waals surface area contributed by atoms with E-state index in [-0.39, 0.29) is 0 Å². The van der Waals surface area contributed by atoms with Crippen LogP contribution in [0.1, 0.15) is 0 Å². The van der Waals surface area contributed by atoms with E-state index in [4.69, 9.17) is 9.47 Å². The molecule has 3 nitrogen and oxygen atoms in total. The minimum absolute atomic E-state index is 0.889. The van der Waals surface area contributed by atoms with Gasteiger partial charge in [-0.05, 0) is 0 Å². The van der Waals surface area contributed by atoms with E-state index in [2.05, 4.69) is 28.8 Å². The molecule has 3 heterocycles. The Bertz CT molecular complexity index is 100. The lowest BCUT2D eigenvalue weighted by molar-refractivity contribution is 0.109. The van der Waals surface area contributed by atoms with Gasteiger partial charge < -0.3 is 14.8 Å². The van der Waals surface area contributed by atoms with Crippen LogP contribution in [0.15, 0.2) is 0 Å². The van der Waals surface area contributed by atoms with Gasteiger partial charge in [-0.1, -0.05) is 0 Å². The fourth-order valence-corrected chi connectivity index (χ4v) is 4.36. The lowest BCUT2D eigenvalue weighted by Gasteiger charge is -2.10. The molecule has 0 unspecified atom stereocenters. The molecule has 0 atom stereocenters. The van der Waals surface area contributed by atoms with Crippen LogP contribution in [0.4, 0.5) is 0 Å². The highest BCUT2D eigenvalue weighted by Crippen LogP contribution is 2.14. The van der Waals surface area contributed by atoms with Crippen molar-refractivity contribution in [2.24, 2.45) is 0 Å². The highest BCUT2D eigenvalue weighted by atomic mass is 32.2. The molecule has 0 spiro atoms. The van der Waals surface area contributed by atoms with Crippen molar-refractivity contribution < 1.29 is 9.47 Å². The Morgan fingerprint density at radius 2 is 1.00 bits per heavy atom. The zero-order valence-corrected chi connectivity index (χ0v) is 13.5. The highest BCUT2D eigenvalue weighted by molar-refractivity contribution is 8.06. The Morgan fingerprint density at radius 1 is 0.556 bits per heavy atom. The first kappa shape index (κ1) is 17.0. The molecule has 3 aliphatic rings. The van der Waals surface area contributed by atoms with Crippen molar-refractivity contribution in [1.82, 2.24) is 5.32 Å². The van der Waals surface area contributed by atoms with Crippen LogP contribution in [-0.4, -0.2) is 74.0 Å². The number of hydrogen-bond acceptors (Lipinski definition) is 6. The van der Waals surface area contributed by atoms with Crippen molar-refractivity contribution in [2.45, 2.75) is 0 Å². The molecule has 0 bridgehead atoms. The van der Waals surface area contributed by atoms with Gasteiger partial charge in [0.25, 0.3) is 0 Å². The zero-order valence-electron chi connectivity index (χ0n) is 11.0. The third kappa shape index (κ3) is 12.0. The standard InChI is InChI=1S/C4H9NO.C4H8OS.C4H8S2/c2*1-3-6-4-2-5-1;1-2-6-4-3-5-1/h5H,1-4H2;2*1-4H2. The SMILES string of the molecule is C1COCCN1.C1CSCCO1.C1CSCCS1. The molecule has 3 rings (SSSR count). The second-order valence-corrected chi connectivity index (χ2v) is 7.49. The normalized spacial score (nSPS) is 24.0. The van der Waals surface area contributed by atoms with Crippen molar-refractivity contribution in [3.05, 3.63) is 0 Å². The van der Waals surface area contributed by atoms with E-state index >= 15 is 0 Å². The lowest BCUT2D eigenvalue weighted by atomic mass is 10.5. The maximum absolute atomic E-state index is 5.05. The fraction of sp³-hybridized carbons (Fsp3) is 1.00. The number of ether oxygens (including phenoxy) is 2. The summed E-state index contributed by atoms with van der Waals surface area (Å²) in [6, 6.07) is 0. The summed E-state index contributed by atoms with van der Waals surface area (Å²) in [6.45, 7) is 5.76. The number of thioether (sulfide) groups is 3. The van der Waals surface area contributed by atoms with Crippen molar-refractivity contribution in [3.63, 3.8) is 0 Å². The van der Waals surface area contributed by atoms with Crippen LogP contribution in [0.25, 0.3) is 0 Å². The van der Waals surface area contributed by atoms with Crippen molar-refractivity contribution in [1.29, 1.82) is 0 Å². The maximum atomic E-state index is 5.05. The molecule has 3 saturated heterocycles. The van der Waals surface area contributed by atoms with Gasteiger partial charge in [0.05, 0.1) is 26.4 Å². The van der Waals surface area contributed by atoms with Crippen LogP contribution in [0.5, 0.6) is 0 Å². The monoisotopic (exact) mass is 311 g/mol. The van der Waals surface area contributed by atoms with Crippen LogP contribution in [0, 0.1) is 0 Å². The number of rotatable bonds is 0. The first-order chi connectivity index (χ1) is 9.00. The molecule has 0 aromatic carbocycles. The molecule has 0 aromatic heterocycles. The summed E-state index contributed by atoms with van der Waals surface area (Å²) in [7, 11) is 0. The molecule has 0 radical (unpaired) electrons. The van der Waals surface area contributed by atoms with E-state index < -0.39 is 0 Å². The Balaban J connectivity index is 0.000000135. The minimum Gasteiger partial charge on any atom is -0.380 e. The predicted octanol–water partition coefficient (Wildman–Crippen LogP) is 1.82. The van der Waals surface area contributed by atoms with Gasteiger partial charge in [-0.2, -0.15) is 35.3 Å². The summed E-state index contributed by atoms with van der Waals surface area (Å²) < 4.78 is 10.1. The van der Waals surface area contributed by atoms with Crippen molar-refractivity contribution >= 4 is 35.3 Å². The number of nitrogens with one attached hydrogen (secondary N) is 1. The Hall–Kier alpha value is 0.930. The summed E-state index contributed by atoms with van der Waals surface area (Å²) in [6.07, 6.45) is 0. The van der Waals surface area contributed by atoms with Gasteiger partial charge >= 0.3 is 0 Å². The second-order valence-electron chi connectivity index (χ2n) is 3.81. The molecule has 0 aliphatic carbocycles. The Kier molecular flexibility index (Phi) is 13.5. The molecule has 3 fully saturated rings. The van der Waals surface area contributed by atoms with Gasteiger partial charge in [-0.25, -0.2) is 0 Å². The van der Waals surface area contributed by atoms with Gasteiger partial charge in [0.2, 0.25) is 0 Å². The van der Waals surface area contributed by atoms with Crippen LogP contribution < -0.4 is 5.32 Å². The molecule has 108 valence electrons. The number of morpholine rings is 1. The predicted molar refractivity (Wildman–Crippen MR) is 86.5 cm³/mol. The van der Waals surface area contributed by atoms with Crippen LogP contribution in [0.2, 0.25) is 0 Å². The smallest absolute Gasteiger partial charge is 0.0591 e. The molecule has 6 heteroatoms. The average molecular weight is 312 g/mol. The molecule has 1 N–H and O–H groups in total. The zero-order chi connectivity index (χ0) is 12.7. The minimum atomic E-state index is 0.889. The molecule has 0 amide bonds. The van der Waals surface area contributed by atoms with Crippen molar-refractivity contribution in [3.8, 4) is 0 Å². The van der Waals surface area contributed by atoms with E-state index in [0.29, 0.717) is 0 Å². The van der Waals surface area contributed by atoms with Gasteiger partial charge in [0.1, 0.15) is 0 Å². The molecule has 3 aliphatic heterocycles.